The molecule has 0 aromatic rings. The molecule has 1 N–H and O–H groups in total. The number of nitrogens with one attached hydrogen (secondary N) is 1. The molecule has 3 aliphatic rings. The van der Waals surface area contributed by atoms with Gasteiger partial charge in [-0.05, 0) is 68.1 Å². The molecule has 0 heterocycles. The van der Waals surface area contributed by atoms with Crippen LogP contribution in [0.15, 0.2) is 33.6 Å². The van der Waals surface area contributed by atoms with Crippen LogP contribution in [0.1, 0.15) is 64.7 Å². The van der Waals surface area contributed by atoms with Crippen LogP contribution in [0, 0.1) is 0 Å². The van der Waals surface area contributed by atoms with E-state index in [-0.39, 0.29) is 0 Å². The van der Waals surface area contributed by atoms with Crippen molar-refractivity contribution < 1.29 is 0 Å². The fraction of sp³-hybridized carbons (Fsp3) is 0.647. The van der Waals surface area contributed by atoms with E-state index >= 15 is 0 Å². The number of hydrogen-bond donors (Lipinski definition) is 1. The number of fused-ring (bicyclic) bond motifs is 2. The van der Waals surface area contributed by atoms with Crippen LogP contribution in [0.25, 0.3) is 0 Å². The largest absolute Gasteiger partial charge is 0.391 e. The average Bonchev–Trinajstić information content (AvgIpc) is 2.79. The van der Waals surface area contributed by atoms with E-state index in [1.807, 2.05) is 0 Å². The van der Waals surface area contributed by atoms with Crippen LogP contribution in [0.2, 0.25) is 0 Å². The third-order valence-electron chi connectivity index (χ3n) is 4.83. The van der Waals surface area contributed by atoms with Crippen LogP contribution in [-0.4, -0.2) is 7.05 Å². The smallest absolute Gasteiger partial charge is 0.0186 e. The summed E-state index contributed by atoms with van der Waals surface area (Å²) in [7, 11) is 2.10. The summed E-state index contributed by atoms with van der Waals surface area (Å²) in [5, 5.41) is 3.48. The second-order valence-corrected chi connectivity index (χ2v) is 5.90. The molecule has 0 unspecified atom stereocenters. The van der Waals surface area contributed by atoms with E-state index in [0.29, 0.717) is 0 Å². The lowest BCUT2D eigenvalue weighted by Gasteiger charge is -2.24. The Hall–Kier alpha value is -0.980. The molecule has 0 bridgehead atoms. The van der Waals surface area contributed by atoms with Crippen molar-refractivity contribution in [2.24, 2.45) is 0 Å². The van der Waals surface area contributed by atoms with Crippen LogP contribution in [0.4, 0.5) is 0 Å². The molecule has 0 aromatic carbocycles. The summed E-state index contributed by atoms with van der Waals surface area (Å²) in [5.74, 6) is 0. The Bertz CT molecular complexity index is 448. The van der Waals surface area contributed by atoms with Crippen molar-refractivity contribution >= 4 is 0 Å². The Morgan fingerprint density at radius 2 is 1.83 bits per heavy atom. The minimum absolute atomic E-state index is 1.24. The summed E-state index contributed by atoms with van der Waals surface area (Å²) < 4.78 is 0. The van der Waals surface area contributed by atoms with Crippen molar-refractivity contribution in [3.8, 4) is 0 Å². The van der Waals surface area contributed by atoms with Gasteiger partial charge in [0.05, 0.1) is 0 Å². The van der Waals surface area contributed by atoms with E-state index in [0.717, 1.165) is 0 Å². The fourth-order valence-electron chi connectivity index (χ4n) is 3.99. The summed E-state index contributed by atoms with van der Waals surface area (Å²) in [4.78, 5) is 0. The number of rotatable bonds is 3. The second-order valence-electron chi connectivity index (χ2n) is 5.90. The quantitative estimate of drug-likeness (QED) is 0.762. The molecule has 98 valence electrons. The Kier molecular flexibility index (Phi) is 3.32. The first kappa shape index (κ1) is 12.1. The van der Waals surface area contributed by atoms with Crippen LogP contribution in [0.3, 0.4) is 0 Å². The topological polar surface area (TPSA) is 12.0 Å². The van der Waals surface area contributed by atoms with Crippen LogP contribution in [0.5, 0.6) is 0 Å². The van der Waals surface area contributed by atoms with E-state index < -0.39 is 0 Å². The number of hydrogen-bond acceptors (Lipinski definition) is 1. The molecule has 0 saturated carbocycles. The molecule has 3 aliphatic carbocycles. The first-order valence-electron chi connectivity index (χ1n) is 7.68. The molecule has 0 saturated heterocycles. The van der Waals surface area contributed by atoms with Gasteiger partial charge in [-0.2, -0.15) is 0 Å². The predicted octanol–water partition coefficient (Wildman–Crippen LogP) is 4.62. The summed E-state index contributed by atoms with van der Waals surface area (Å²) in [6.45, 7) is 2.31. The summed E-state index contributed by atoms with van der Waals surface area (Å²) in [6, 6.07) is 0. The normalized spacial score (nSPS) is 23.4. The van der Waals surface area contributed by atoms with E-state index in [2.05, 4.69) is 19.3 Å². The molecule has 3 rings (SSSR count). The average molecular weight is 243 g/mol. The Morgan fingerprint density at radius 3 is 2.61 bits per heavy atom. The lowest BCUT2D eigenvalue weighted by Crippen LogP contribution is -2.15. The molecule has 0 aromatic heterocycles. The van der Waals surface area contributed by atoms with E-state index in [9.17, 15) is 0 Å². The minimum atomic E-state index is 1.24. The van der Waals surface area contributed by atoms with Gasteiger partial charge >= 0.3 is 0 Å². The Morgan fingerprint density at radius 1 is 1.00 bits per heavy atom. The molecular weight excluding hydrogens is 218 g/mol. The predicted molar refractivity (Wildman–Crippen MR) is 77.4 cm³/mol. The summed E-state index contributed by atoms with van der Waals surface area (Å²) >= 11 is 0. The highest BCUT2D eigenvalue weighted by Crippen LogP contribution is 2.49. The van der Waals surface area contributed by atoms with Crippen molar-refractivity contribution in [2.75, 3.05) is 7.05 Å². The molecule has 0 fully saturated rings. The molecule has 0 aliphatic heterocycles. The minimum Gasteiger partial charge on any atom is -0.391 e. The number of allylic oxidation sites excluding steroid dienone is 6. The van der Waals surface area contributed by atoms with Gasteiger partial charge in [-0.15, -0.1) is 0 Å². The van der Waals surface area contributed by atoms with E-state index in [4.69, 9.17) is 0 Å². The monoisotopic (exact) mass is 243 g/mol. The van der Waals surface area contributed by atoms with Crippen LogP contribution in [-0.2, 0) is 0 Å². The molecular formula is C17H25N. The van der Waals surface area contributed by atoms with E-state index in [1.165, 1.54) is 63.5 Å². The summed E-state index contributed by atoms with van der Waals surface area (Å²) in [6.07, 6.45) is 11.9. The maximum Gasteiger partial charge on any atom is 0.0186 e. The van der Waals surface area contributed by atoms with Crippen molar-refractivity contribution in [3.05, 3.63) is 33.6 Å². The lowest BCUT2D eigenvalue weighted by atomic mass is 9.84. The van der Waals surface area contributed by atoms with Crippen molar-refractivity contribution in [1.82, 2.24) is 5.32 Å². The zero-order chi connectivity index (χ0) is 12.5. The second kappa shape index (κ2) is 4.95. The highest BCUT2D eigenvalue weighted by molar-refractivity contribution is 5.62. The molecule has 0 amide bonds. The molecule has 1 heteroatoms. The first-order valence-corrected chi connectivity index (χ1v) is 7.68. The van der Waals surface area contributed by atoms with Gasteiger partial charge in [0.25, 0.3) is 0 Å². The van der Waals surface area contributed by atoms with Gasteiger partial charge in [0, 0.05) is 12.7 Å². The molecule has 0 atom stereocenters. The van der Waals surface area contributed by atoms with Gasteiger partial charge in [-0.25, -0.2) is 0 Å². The van der Waals surface area contributed by atoms with Crippen molar-refractivity contribution in [3.63, 3.8) is 0 Å². The Balaban J connectivity index is 2.05. The first-order chi connectivity index (χ1) is 8.85. The maximum atomic E-state index is 3.48. The van der Waals surface area contributed by atoms with Gasteiger partial charge in [-0.1, -0.05) is 24.5 Å². The van der Waals surface area contributed by atoms with Gasteiger partial charge in [0.15, 0.2) is 0 Å². The van der Waals surface area contributed by atoms with Gasteiger partial charge in [0.2, 0.25) is 0 Å². The molecule has 18 heavy (non-hydrogen) atoms. The summed E-state index contributed by atoms with van der Waals surface area (Å²) in [5.41, 5.74) is 10.2. The molecule has 1 nitrogen and oxygen atoms in total. The fourth-order valence-corrected chi connectivity index (χ4v) is 3.99. The third-order valence-corrected chi connectivity index (χ3v) is 4.83. The van der Waals surface area contributed by atoms with Gasteiger partial charge in [0.1, 0.15) is 0 Å². The standard InChI is InChI=1S/C17H25N/c1-3-6-12-9-10-16(18-2)17-14-8-5-4-7-13(14)11-15(12)17/h18H,3-11H2,1-2H3. The highest BCUT2D eigenvalue weighted by atomic mass is 14.8. The van der Waals surface area contributed by atoms with Gasteiger partial charge < -0.3 is 5.32 Å². The van der Waals surface area contributed by atoms with Crippen LogP contribution < -0.4 is 5.32 Å². The van der Waals surface area contributed by atoms with Crippen LogP contribution >= 0.6 is 0 Å². The Labute approximate surface area is 111 Å². The zero-order valence-electron chi connectivity index (χ0n) is 11.9. The van der Waals surface area contributed by atoms with Gasteiger partial charge in [-0.3, -0.25) is 0 Å². The molecule has 0 radical (unpaired) electrons. The highest BCUT2D eigenvalue weighted by Gasteiger charge is 2.32. The van der Waals surface area contributed by atoms with Crippen molar-refractivity contribution in [1.29, 1.82) is 0 Å². The SMILES string of the molecule is CCCC1=C2CC3=C(CCCC3)C2=C(NC)CC1. The maximum absolute atomic E-state index is 3.48. The zero-order valence-corrected chi connectivity index (χ0v) is 11.9. The lowest BCUT2D eigenvalue weighted by molar-refractivity contribution is 0.679. The third kappa shape index (κ3) is 1.84. The van der Waals surface area contributed by atoms with E-state index in [1.54, 1.807) is 27.9 Å². The molecule has 0 spiro atoms. The van der Waals surface area contributed by atoms with Crippen molar-refractivity contribution in [2.45, 2.75) is 64.7 Å².